The van der Waals surface area contributed by atoms with Gasteiger partial charge in [0.1, 0.15) is 0 Å². The van der Waals surface area contributed by atoms with Crippen LogP contribution in [0.2, 0.25) is 5.02 Å². The van der Waals surface area contributed by atoms with Crippen LogP contribution in [0.4, 0.5) is 13.2 Å². The average Bonchev–Trinajstić information content (AvgIpc) is 2.18. The van der Waals surface area contributed by atoms with Crippen molar-refractivity contribution in [3.63, 3.8) is 0 Å². The summed E-state index contributed by atoms with van der Waals surface area (Å²) in [4.78, 5) is 3.78. The Bertz CT molecular complexity index is 341. The molecule has 2 nitrogen and oxygen atoms in total. The summed E-state index contributed by atoms with van der Waals surface area (Å²) in [5, 5.41) is 0.435. The van der Waals surface area contributed by atoms with Crippen molar-refractivity contribution >= 4 is 11.6 Å². The molecule has 0 bridgehead atoms. The van der Waals surface area contributed by atoms with E-state index in [2.05, 4.69) is 4.98 Å². The first-order chi connectivity index (χ1) is 7.38. The smallest absolute Gasteiger partial charge is 0.327 e. The minimum atomic E-state index is -4.15. The van der Waals surface area contributed by atoms with Crippen LogP contribution >= 0.6 is 11.6 Å². The van der Waals surface area contributed by atoms with Gasteiger partial charge in [-0.3, -0.25) is 4.98 Å². The second kappa shape index (κ2) is 5.50. The van der Waals surface area contributed by atoms with E-state index in [0.717, 1.165) is 5.56 Å². The molecule has 2 N–H and O–H groups in total. The lowest BCUT2D eigenvalue weighted by Crippen LogP contribution is -2.25. The predicted octanol–water partition coefficient (Wildman–Crippen LogP) is 2.95. The molecule has 90 valence electrons. The molecule has 1 rings (SSSR count). The van der Waals surface area contributed by atoms with Crippen molar-refractivity contribution in [3.8, 4) is 0 Å². The fourth-order valence-electron chi connectivity index (χ4n) is 1.30. The summed E-state index contributed by atoms with van der Waals surface area (Å²) in [6.07, 6.45) is -1.79. The maximum absolute atomic E-state index is 11.9. The van der Waals surface area contributed by atoms with Crippen molar-refractivity contribution in [2.24, 2.45) is 5.73 Å². The van der Waals surface area contributed by atoms with E-state index < -0.39 is 18.6 Å². The summed E-state index contributed by atoms with van der Waals surface area (Å²) in [5.41, 5.74) is 6.33. The quantitative estimate of drug-likeness (QED) is 0.895. The second-order valence-electron chi connectivity index (χ2n) is 3.59. The number of nitrogens with zero attached hydrogens (tertiary/aromatic N) is 1. The lowest BCUT2D eigenvalue weighted by molar-refractivity contribution is -0.136. The Hall–Kier alpha value is -0.810. The first-order valence-electron chi connectivity index (χ1n) is 4.79. The van der Waals surface area contributed by atoms with Crippen molar-refractivity contribution < 1.29 is 13.2 Å². The maximum atomic E-state index is 11.9. The molecule has 16 heavy (non-hydrogen) atoms. The van der Waals surface area contributed by atoms with Gasteiger partial charge in [-0.15, -0.1) is 0 Å². The third-order valence-electron chi connectivity index (χ3n) is 2.14. The molecule has 0 radical (unpaired) electrons. The van der Waals surface area contributed by atoms with Gasteiger partial charge in [-0.05, 0) is 24.5 Å². The van der Waals surface area contributed by atoms with Crippen LogP contribution in [0.1, 0.15) is 18.4 Å². The van der Waals surface area contributed by atoms with Crippen molar-refractivity contribution in [2.75, 3.05) is 0 Å². The lowest BCUT2D eigenvalue weighted by atomic mass is 10.0. The van der Waals surface area contributed by atoms with Crippen LogP contribution in [-0.4, -0.2) is 17.2 Å². The first-order valence-corrected chi connectivity index (χ1v) is 5.17. The summed E-state index contributed by atoms with van der Waals surface area (Å²) < 4.78 is 35.8. The highest BCUT2D eigenvalue weighted by Crippen LogP contribution is 2.23. The second-order valence-corrected chi connectivity index (χ2v) is 3.99. The Labute approximate surface area is 96.6 Å². The van der Waals surface area contributed by atoms with Gasteiger partial charge < -0.3 is 5.73 Å². The Morgan fingerprint density at radius 1 is 1.44 bits per heavy atom. The zero-order valence-electron chi connectivity index (χ0n) is 8.47. The number of halogens is 4. The van der Waals surface area contributed by atoms with E-state index in [4.69, 9.17) is 17.3 Å². The molecule has 1 atom stereocenters. The lowest BCUT2D eigenvalue weighted by Gasteiger charge is -2.13. The van der Waals surface area contributed by atoms with Gasteiger partial charge in [0.2, 0.25) is 0 Å². The average molecular weight is 253 g/mol. The molecule has 6 heteroatoms. The largest absolute Gasteiger partial charge is 0.389 e. The highest BCUT2D eigenvalue weighted by Gasteiger charge is 2.27. The third-order valence-corrected chi connectivity index (χ3v) is 2.48. The zero-order chi connectivity index (χ0) is 12.2. The van der Waals surface area contributed by atoms with Crippen molar-refractivity contribution in [1.82, 2.24) is 4.98 Å². The fourth-order valence-corrected chi connectivity index (χ4v) is 1.50. The number of rotatable bonds is 4. The SMILES string of the molecule is NC(CCC(F)(F)F)Cc1ccncc1Cl. The molecule has 0 aliphatic rings. The molecule has 0 aromatic carbocycles. The van der Waals surface area contributed by atoms with Gasteiger partial charge in [-0.2, -0.15) is 13.2 Å². The number of hydrogen-bond acceptors (Lipinski definition) is 2. The van der Waals surface area contributed by atoms with Crippen molar-refractivity contribution in [2.45, 2.75) is 31.5 Å². The molecule has 1 heterocycles. The van der Waals surface area contributed by atoms with Crippen LogP contribution in [0.3, 0.4) is 0 Å². The summed E-state index contributed by atoms with van der Waals surface area (Å²) >= 11 is 5.82. The zero-order valence-corrected chi connectivity index (χ0v) is 9.22. The monoisotopic (exact) mass is 252 g/mol. The van der Waals surface area contributed by atoms with Crippen LogP contribution in [-0.2, 0) is 6.42 Å². The van der Waals surface area contributed by atoms with Crippen LogP contribution in [0.15, 0.2) is 18.5 Å². The molecule has 0 saturated carbocycles. The Kier molecular flexibility index (Phi) is 4.56. The molecular weight excluding hydrogens is 241 g/mol. The maximum Gasteiger partial charge on any atom is 0.389 e. The summed E-state index contributed by atoms with van der Waals surface area (Å²) in [7, 11) is 0. The van der Waals surface area contributed by atoms with Gasteiger partial charge in [0.05, 0.1) is 5.02 Å². The van der Waals surface area contributed by atoms with Crippen molar-refractivity contribution in [3.05, 3.63) is 29.0 Å². The summed E-state index contributed by atoms with van der Waals surface area (Å²) in [6, 6.07) is 1.12. The third kappa shape index (κ3) is 4.81. The van der Waals surface area contributed by atoms with E-state index >= 15 is 0 Å². The molecule has 1 aromatic heterocycles. The Morgan fingerprint density at radius 2 is 2.12 bits per heavy atom. The van der Waals surface area contributed by atoms with E-state index in [9.17, 15) is 13.2 Å². The van der Waals surface area contributed by atoms with Gasteiger partial charge in [-0.1, -0.05) is 11.6 Å². The van der Waals surface area contributed by atoms with Crippen molar-refractivity contribution in [1.29, 1.82) is 0 Å². The molecule has 1 unspecified atom stereocenters. The first kappa shape index (κ1) is 13.3. The molecule has 0 spiro atoms. The van der Waals surface area contributed by atoms with E-state index in [1.807, 2.05) is 0 Å². The number of alkyl halides is 3. The summed E-state index contributed by atoms with van der Waals surface area (Å²) in [6.45, 7) is 0. The highest BCUT2D eigenvalue weighted by atomic mass is 35.5. The topological polar surface area (TPSA) is 38.9 Å². The predicted molar refractivity (Wildman–Crippen MR) is 56.2 cm³/mol. The van der Waals surface area contributed by atoms with E-state index in [0.29, 0.717) is 11.4 Å². The minimum absolute atomic E-state index is 0.0951. The van der Waals surface area contributed by atoms with Crippen LogP contribution in [0.25, 0.3) is 0 Å². The Balaban J connectivity index is 2.46. The van der Waals surface area contributed by atoms with E-state index in [-0.39, 0.29) is 6.42 Å². The molecule has 0 saturated heterocycles. The number of nitrogens with two attached hydrogens (primary N) is 1. The van der Waals surface area contributed by atoms with Gasteiger partial charge in [-0.25, -0.2) is 0 Å². The number of aromatic nitrogens is 1. The van der Waals surface area contributed by atoms with Gasteiger partial charge in [0.15, 0.2) is 0 Å². The summed E-state index contributed by atoms with van der Waals surface area (Å²) in [5.74, 6) is 0. The molecule has 1 aromatic rings. The minimum Gasteiger partial charge on any atom is -0.327 e. The standard InChI is InChI=1S/C10H12ClF3N2/c11-9-6-16-4-2-7(9)5-8(15)1-3-10(12,13)14/h2,4,6,8H,1,3,5,15H2. The van der Waals surface area contributed by atoms with Crippen LogP contribution < -0.4 is 5.73 Å². The normalized spacial score (nSPS) is 13.8. The highest BCUT2D eigenvalue weighted by molar-refractivity contribution is 6.31. The number of hydrogen-bond donors (Lipinski definition) is 1. The van der Waals surface area contributed by atoms with Crippen LogP contribution in [0, 0.1) is 0 Å². The van der Waals surface area contributed by atoms with Gasteiger partial charge >= 0.3 is 6.18 Å². The fraction of sp³-hybridized carbons (Fsp3) is 0.500. The Morgan fingerprint density at radius 3 is 2.69 bits per heavy atom. The molecule has 0 fully saturated rings. The van der Waals surface area contributed by atoms with Crippen LogP contribution in [0.5, 0.6) is 0 Å². The van der Waals surface area contributed by atoms with E-state index in [1.165, 1.54) is 12.4 Å². The molecule has 0 aliphatic carbocycles. The number of pyridine rings is 1. The molecular formula is C10H12ClF3N2. The van der Waals surface area contributed by atoms with Gasteiger partial charge in [0, 0.05) is 24.9 Å². The van der Waals surface area contributed by atoms with Gasteiger partial charge in [0.25, 0.3) is 0 Å². The van der Waals surface area contributed by atoms with E-state index in [1.54, 1.807) is 6.07 Å². The molecule has 0 aliphatic heterocycles. The molecule has 0 amide bonds.